The number of aromatic nitrogens is 2. The quantitative estimate of drug-likeness (QED) is 0.123. The van der Waals surface area contributed by atoms with Gasteiger partial charge in [0.05, 0.1) is 22.4 Å². The van der Waals surface area contributed by atoms with E-state index in [1.807, 2.05) is 0 Å². The van der Waals surface area contributed by atoms with Crippen molar-refractivity contribution >= 4 is 64.9 Å². The molecule has 11 aromatic carbocycles. The van der Waals surface area contributed by atoms with Crippen LogP contribution in [0.1, 0.15) is 0 Å². The second-order valence-electron chi connectivity index (χ2n) is 17.2. The van der Waals surface area contributed by atoms with Crippen molar-refractivity contribution in [1.29, 1.82) is 0 Å². The molecule has 2 aromatic heterocycles. The summed E-state index contributed by atoms with van der Waals surface area (Å²) in [7, 11) is 0. The first-order valence-electron chi connectivity index (χ1n) is 22.6. The molecule has 2 heteroatoms. The number of nitrogens with zero attached hydrogens (tertiary/aromatic N) is 2. The summed E-state index contributed by atoms with van der Waals surface area (Å²) < 4.78 is 0. The lowest BCUT2D eigenvalue weighted by atomic mass is 9.89. The van der Waals surface area contributed by atoms with E-state index in [0.717, 1.165) is 66.6 Å². The Kier molecular flexibility index (Phi) is 8.89. The Bertz CT molecular complexity index is 3630. The van der Waals surface area contributed by atoms with Crippen LogP contribution in [0.15, 0.2) is 243 Å². The number of fused-ring (bicyclic) bond motifs is 7. The summed E-state index contributed by atoms with van der Waals surface area (Å²) in [6.45, 7) is 0. The van der Waals surface area contributed by atoms with Crippen LogP contribution in [0.3, 0.4) is 0 Å². The van der Waals surface area contributed by atoms with Crippen LogP contribution in [0.5, 0.6) is 0 Å². The van der Waals surface area contributed by atoms with E-state index < -0.39 is 0 Å². The van der Waals surface area contributed by atoms with Crippen LogP contribution in [-0.2, 0) is 0 Å². The van der Waals surface area contributed by atoms with E-state index in [9.17, 15) is 0 Å². The SMILES string of the molecule is c1ccc(-c2ccc(-c3cc(-c4c5ccccc5cc5ccccc45)nc4c3ccc3c(-c5ccc(-c6ccccc6)cc5)cc(-c5c6ccccc6cc6ccccc56)nc34)cc2)cc1. The van der Waals surface area contributed by atoms with Crippen LogP contribution in [-0.4, -0.2) is 9.97 Å². The van der Waals surface area contributed by atoms with E-state index in [1.165, 1.54) is 65.3 Å². The fraction of sp³-hybridized carbons (Fsp3) is 0. The molecule has 13 rings (SSSR count). The Morgan fingerprint density at radius 3 is 0.848 bits per heavy atom. The number of hydrogen-bond acceptors (Lipinski definition) is 2. The predicted molar refractivity (Wildman–Crippen MR) is 280 cm³/mol. The summed E-state index contributed by atoms with van der Waals surface area (Å²) in [6.07, 6.45) is 0. The van der Waals surface area contributed by atoms with Gasteiger partial charge in [-0.3, -0.25) is 0 Å². The molecule has 0 N–H and O–H groups in total. The maximum absolute atomic E-state index is 5.81. The third-order valence-electron chi connectivity index (χ3n) is 13.4. The molecule has 13 aromatic rings. The Hall–Kier alpha value is -8.72. The highest BCUT2D eigenvalue weighted by Crippen LogP contribution is 2.44. The fourth-order valence-corrected chi connectivity index (χ4v) is 10.2. The van der Waals surface area contributed by atoms with E-state index in [1.54, 1.807) is 0 Å². The molecule has 0 aliphatic carbocycles. The first-order chi connectivity index (χ1) is 32.7. The van der Waals surface area contributed by atoms with E-state index >= 15 is 0 Å². The van der Waals surface area contributed by atoms with Crippen LogP contribution >= 0.6 is 0 Å². The van der Waals surface area contributed by atoms with Gasteiger partial charge in [-0.2, -0.15) is 0 Å². The maximum atomic E-state index is 5.81. The predicted octanol–water partition coefficient (Wildman–Crippen LogP) is 17.4. The molecule has 2 nitrogen and oxygen atoms in total. The number of hydrogen-bond donors (Lipinski definition) is 0. The van der Waals surface area contributed by atoms with Gasteiger partial charge in [-0.25, -0.2) is 9.97 Å². The Morgan fingerprint density at radius 1 is 0.212 bits per heavy atom. The van der Waals surface area contributed by atoms with Crippen molar-refractivity contribution in [2.75, 3.05) is 0 Å². The molecule has 2 heterocycles. The molecule has 0 saturated heterocycles. The van der Waals surface area contributed by atoms with E-state index in [0.29, 0.717) is 0 Å². The fourth-order valence-electron chi connectivity index (χ4n) is 10.2. The van der Waals surface area contributed by atoms with Crippen molar-refractivity contribution in [2.24, 2.45) is 0 Å². The molecule has 0 saturated carbocycles. The lowest BCUT2D eigenvalue weighted by Crippen LogP contribution is -1.97. The smallest absolute Gasteiger partial charge is 0.0978 e. The normalized spacial score (nSPS) is 11.6. The van der Waals surface area contributed by atoms with Gasteiger partial charge in [0.2, 0.25) is 0 Å². The molecule has 0 spiro atoms. The van der Waals surface area contributed by atoms with Crippen molar-refractivity contribution in [3.63, 3.8) is 0 Å². The number of rotatable bonds is 6. The van der Waals surface area contributed by atoms with Gasteiger partial charge in [0.25, 0.3) is 0 Å². The van der Waals surface area contributed by atoms with Gasteiger partial charge >= 0.3 is 0 Å². The summed E-state index contributed by atoms with van der Waals surface area (Å²) in [4.78, 5) is 11.6. The summed E-state index contributed by atoms with van der Waals surface area (Å²) in [5.74, 6) is 0. The van der Waals surface area contributed by atoms with Crippen LogP contribution in [0, 0.1) is 0 Å². The lowest BCUT2D eigenvalue weighted by molar-refractivity contribution is 1.38. The van der Waals surface area contributed by atoms with Gasteiger partial charge in [0.15, 0.2) is 0 Å². The highest BCUT2D eigenvalue weighted by molar-refractivity contribution is 6.18. The topological polar surface area (TPSA) is 25.8 Å². The highest BCUT2D eigenvalue weighted by Gasteiger charge is 2.21. The molecule has 66 heavy (non-hydrogen) atoms. The molecule has 0 aliphatic heterocycles. The second-order valence-corrected chi connectivity index (χ2v) is 17.2. The highest BCUT2D eigenvalue weighted by atomic mass is 14.8. The Labute approximate surface area is 382 Å². The monoisotopic (exact) mass is 836 g/mol. The van der Waals surface area contributed by atoms with Gasteiger partial charge in [-0.1, -0.05) is 218 Å². The first kappa shape index (κ1) is 37.8. The summed E-state index contributed by atoms with van der Waals surface area (Å²) in [5.41, 5.74) is 15.1. The molecule has 0 aliphatic rings. The van der Waals surface area contributed by atoms with Crippen LogP contribution < -0.4 is 0 Å². The molecule has 0 radical (unpaired) electrons. The maximum Gasteiger partial charge on any atom is 0.0978 e. The zero-order valence-electron chi connectivity index (χ0n) is 36.0. The Balaban J connectivity index is 1.15. The van der Waals surface area contributed by atoms with E-state index in [2.05, 4.69) is 243 Å². The van der Waals surface area contributed by atoms with Gasteiger partial charge in [-0.05, 0) is 112 Å². The van der Waals surface area contributed by atoms with Gasteiger partial charge < -0.3 is 0 Å². The zero-order valence-corrected chi connectivity index (χ0v) is 36.0. The minimum absolute atomic E-state index is 0.873. The second kappa shape index (κ2) is 15.5. The lowest BCUT2D eigenvalue weighted by Gasteiger charge is -2.18. The summed E-state index contributed by atoms with van der Waals surface area (Å²) in [6, 6.07) is 87.8. The number of pyridine rings is 2. The summed E-state index contributed by atoms with van der Waals surface area (Å²) >= 11 is 0. The average Bonchev–Trinajstić information content (AvgIpc) is 3.39. The van der Waals surface area contributed by atoms with Crippen LogP contribution in [0.4, 0.5) is 0 Å². The minimum Gasteiger partial charge on any atom is -0.245 e. The largest absolute Gasteiger partial charge is 0.245 e. The minimum atomic E-state index is 0.873. The standard InChI is InChI=1S/C64H40N2/c1-3-15-41(16-4-1)43-27-31-45(32-28-43)57-39-59(61-51-23-11-7-19-47(51)37-48-20-8-12-24-52(48)61)65-63-55(57)35-36-56-58(46-33-29-44(30-34-46)42-17-5-2-6-18-42)40-60(66-64(56)63)62-53-25-13-9-21-49(53)38-50-22-10-14-26-54(50)62/h1-40H. The molecule has 0 amide bonds. The molecule has 0 fully saturated rings. The zero-order chi connectivity index (χ0) is 43.6. The molecule has 306 valence electrons. The number of benzene rings is 11. The van der Waals surface area contributed by atoms with Crippen LogP contribution in [0.2, 0.25) is 0 Å². The van der Waals surface area contributed by atoms with Gasteiger partial charge in [0.1, 0.15) is 0 Å². The molecule has 0 atom stereocenters. The Morgan fingerprint density at radius 2 is 0.500 bits per heavy atom. The molecule has 0 unspecified atom stereocenters. The average molecular weight is 837 g/mol. The third kappa shape index (κ3) is 6.34. The van der Waals surface area contributed by atoms with Crippen molar-refractivity contribution < 1.29 is 0 Å². The van der Waals surface area contributed by atoms with Gasteiger partial charge in [-0.15, -0.1) is 0 Å². The van der Waals surface area contributed by atoms with Gasteiger partial charge in [0, 0.05) is 21.9 Å². The van der Waals surface area contributed by atoms with Crippen molar-refractivity contribution in [1.82, 2.24) is 9.97 Å². The van der Waals surface area contributed by atoms with Crippen molar-refractivity contribution in [3.8, 4) is 67.0 Å². The molecular formula is C64H40N2. The molecular weight excluding hydrogens is 797 g/mol. The first-order valence-corrected chi connectivity index (χ1v) is 22.6. The summed E-state index contributed by atoms with van der Waals surface area (Å²) in [5, 5.41) is 11.5. The van der Waals surface area contributed by atoms with Crippen LogP contribution in [0.25, 0.3) is 132 Å². The van der Waals surface area contributed by atoms with Crippen molar-refractivity contribution in [3.05, 3.63) is 243 Å². The third-order valence-corrected chi connectivity index (χ3v) is 13.4. The van der Waals surface area contributed by atoms with E-state index in [-0.39, 0.29) is 0 Å². The molecule has 0 bridgehead atoms. The van der Waals surface area contributed by atoms with Crippen molar-refractivity contribution in [2.45, 2.75) is 0 Å². The van der Waals surface area contributed by atoms with E-state index in [4.69, 9.17) is 9.97 Å².